The summed E-state index contributed by atoms with van der Waals surface area (Å²) in [5.41, 5.74) is 2.50. The SMILES string of the molecule is CN(Cc1ccn[nH]1)C[C@H]1CCOc2ccccc2C1. The third-order valence-corrected chi connectivity index (χ3v) is 3.83. The van der Waals surface area contributed by atoms with Crippen LogP contribution in [0.1, 0.15) is 17.7 Å². The molecule has 4 heteroatoms. The van der Waals surface area contributed by atoms with E-state index in [1.54, 1.807) is 6.20 Å². The maximum atomic E-state index is 5.83. The van der Waals surface area contributed by atoms with Gasteiger partial charge in [-0.2, -0.15) is 5.10 Å². The molecule has 0 saturated heterocycles. The molecule has 3 rings (SSSR count). The van der Waals surface area contributed by atoms with Gasteiger partial charge in [-0.05, 0) is 43.5 Å². The Morgan fingerprint density at radius 2 is 2.25 bits per heavy atom. The molecule has 0 aliphatic carbocycles. The molecule has 2 aromatic rings. The van der Waals surface area contributed by atoms with Crippen molar-refractivity contribution in [2.45, 2.75) is 19.4 Å². The van der Waals surface area contributed by atoms with Gasteiger partial charge in [0.05, 0.1) is 6.61 Å². The number of aromatic nitrogens is 2. The van der Waals surface area contributed by atoms with Crippen molar-refractivity contribution >= 4 is 0 Å². The molecular weight excluding hydrogens is 250 g/mol. The molecule has 0 fully saturated rings. The minimum Gasteiger partial charge on any atom is -0.493 e. The normalized spacial score (nSPS) is 18.4. The summed E-state index contributed by atoms with van der Waals surface area (Å²) in [5.74, 6) is 1.71. The summed E-state index contributed by atoms with van der Waals surface area (Å²) in [7, 11) is 2.17. The lowest BCUT2D eigenvalue weighted by Gasteiger charge is -2.22. The van der Waals surface area contributed by atoms with E-state index >= 15 is 0 Å². The minimum atomic E-state index is 0.645. The second-order valence-corrected chi connectivity index (χ2v) is 5.59. The van der Waals surface area contributed by atoms with Gasteiger partial charge in [-0.3, -0.25) is 5.10 Å². The zero-order chi connectivity index (χ0) is 13.8. The van der Waals surface area contributed by atoms with Crippen molar-refractivity contribution in [3.05, 3.63) is 47.8 Å². The summed E-state index contributed by atoms with van der Waals surface area (Å²) in [5, 5.41) is 7.01. The van der Waals surface area contributed by atoms with Crippen LogP contribution >= 0.6 is 0 Å². The van der Waals surface area contributed by atoms with E-state index in [-0.39, 0.29) is 0 Å². The van der Waals surface area contributed by atoms with Crippen LogP contribution in [0.25, 0.3) is 0 Å². The number of nitrogens with one attached hydrogen (secondary N) is 1. The number of aromatic amines is 1. The van der Waals surface area contributed by atoms with E-state index in [2.05, 4.69) is 40.3 Å². The molecule has 0 radical (unpaired) electrons. The van der Waals surface area contributed by atoms with Crippen molar-refractivity contribution in [1.29, 1.82) is 0 Å². The molecule has 1 aromatic carbocycles. The molecule has 0 bridgehead atoms. The number of fused-ring (bicyclic) bond motifs is 1. The van der Waals surface area contributed by atoms with Crippen molar-refractivity contribution in [1.82, 2.24) is 15.1 Å². The van der Waals surface area contributed by atoms with Crippen LogP contribution in [0.15, 0.2) is 36.5 Å². The maximum absolute atomic E-state index is 5.83. The number of para-hydroxylation sites is 1. The fourth-order valence-electron chi connectivity index (χ4n) is 2.89. The Balaban J connectivity index is 1.60. The first-order valence-electron chi connectivity index (χ1n) is 7.19. The van der Waals surface area contributed by atoms with Gasteiger partial charge in [0.15, 0.2) is 0 Å². The van der Waals surface area contributed by atoms with Gasteiger partial charge in [0.25, 0.3) is 0 Å². The van der Waals surface area contributed by atoms with Gasteiger partial charge in [-0.15, -0.1) is 0 Å². The molecule has 1 N–H and O–H groups in total. The maximum Gasteiger partial charge on any atom is 0.122 e. The Hall–Kier alpha value is -1.81. The van der Waals surface area contributed by atoms with Crippen molar-refractivity contribution in [2.75, 3.05) is 20.2 Å². The molecule has 1 aliphatic rings. The topological polar surface area (TPSA) is 41.2 Å². The van der Waals surface area contributed by atoms with Gasteiger partial charge >= 0.3 is 0 Å². The molecule has 1 atom stereocenters. The Kier molecular flexibility index (Phi) is 4.02. The molecule has 0 unspecified atom stereocenters. The molecule has 0 saturated carbocycles. The summed E-state index contributed by atoms with van der Waals surface area (Å²) in [6.07, 6.45) is 4.02. The van der Waals surface area contributed by atoms with E-state index in [0.717, 1.165) is 44.0 Å². The van der Waals surface area contributed by atoms with E-state index in [4.69, 9.17) is 4.74 Å². The molecule has 2 heterocycles. The van der Waals surface area contributed by atoms with Crippen molar-refractivity contribution in [3.63, 3.8) is 0 Å². The summed E-state index contributed by atoms with van der Waals surface area (Å²) in [6.45, 7) is 2.81. The van der Waals surface area contributed by atoms with Crippen LogP contribution in [0.3, 0.4) is 0 Å². The zero-order valence-electron chi connectivity index (χ0n) is 11.9. The smallest absolute Gasteiger partial charge is 0.122 e. The first-order valence-corrected chi connectivity index (χ1v) is 7.19. The molecule has 0 spiro atoms. The second-order valence-electron chi connectivity index (χ2n) is 5.59. The summed E-state index contributed by atoms with van der Waals surface area (Å²) < 4.78 is 5.83. The molecule has 0 amide bonds. The quantitative estimate of drug-likeness (QED) is 0.929. The van der Waals surface area contributed by atoms with Crippen LogP contribution in [0, 0.1) is 5.92 Å². The highest BCUT2D eigenvalue weighted by Crippen LogP contribution is 2.27. The van der Waals surface area contributed by atoms with Gasteiger partial charge < -0.3 is 9.64 Å². The first-order chi connectivity index (χ1) is 9.81. The van der Waals surface area contributed by atoms with Crippen LogP contribution in [-0.2, 0) is 13.0 Å². The molecule has 1 aromatic heterocycles. The minimum absolute atomic E-state index is 0.645. The highest BCUT2D eigenvalue weighted by molar-refractivity contribution is 5.34. The summed E-state index contributed by atoms with van der Waals surface area (Å²) >= 11 is 0. The highest BCUT2D eigenvalue weighted by atomic mass is 16.5. The van der Waals surface area contributed by atoms with E-state index in [1.807, 2.05) is 12.1 Å². The van der Waals surface area contributed by atoms with Crippen molar-refractivity contribution in [3.8, 4) is 5.75 Å². The monoisotopic (exact) mass is 271 g/mol. The number of rotatable bonds is 4. The largest absolute Gasteiger partial charge is 0.493 e. The third kappa shape index (κ3) is 3.20. The Bertz CT molecular complexity index is 538. The molecule has 1 aliphatic heterocycles. The van der Waals surface area contributed by atoms with Gasteiger partial charge in [-0.25, -0.2) is 0 Å². The number of H-pyrrole nitrogens is 1. The number of nitrogens with zero attached hydrogens (tertiary/aromatic N) is 2. The molecule has 20 heavy (non-hydrogen) atoms. The average molecular weight is 271 g/mol. The first kappa shape index (κ1) is 13.2. The van der Waals surface area contributed by atoms with Crippen molar-refractivity contribution < 1.29 is 4.74 Å². The fraction of sp³-hybridized carbons (Fsp3) is 0.438. The van der Waals surface area contributed by atoms with Gasteiger partial charge in [0, 0.05) is 25.0 Å². The predicted molar refractivity (Wildman–Crippen MR) is 78.7 cm³/mol. The predicted octanol–water partition coefficient (Wildman–Crippen LogP) is 2.48. The van der Waals surface area contributed by atoms with Crippen LogP contribution in [0.4, 0.5) is 0 Å². The molecule has 106 valence electrons. The number of benzene rings is 1. The zero-order valence-corrected chi connectivity index (χ0v) is 11.9. The number of ether oxygens (including phenoxy) is 1. The van der Waals surface area contributed by atoms with Gasteiger partial charge in [-0.1, -0.05) is 18.2 Å². The van der Waals surface area contributed by atoms with Gasteiger partial charge in [0.1, 0.15) is 5.75 Å². The molecule has 4 nitrogen and oxygen atoms in total. The van der Waals surface area contributed by atoms with E-state index in [9.17, 15) is 0 Å². The van der Waals surface area contributed by atoms with Crippen LogP contribution in [-0.4, -0.2) is 35.3 Å². The summed E-state index contributed by atoms with van der Waals surface area (Å²) in [4.78, 5) is 2.35. The lowest BCUT2D eigenvalue weighted by Crippen LogP contribution is -2.27. The van der Waals surface area contributed by atoms with Crippen molar-refractivity contribution in [2.24, 2.45) is 5.92 Å². The molecular formula is C16H21N3O. The fourth-order valence-corrected chi connectivity index (χ4v) is 2.89. The highest BCUT2D eigenvalue weighted by Gasteiger charge is 2.18. The lowest BCUT2D eigenvalue weighted by molar-refractivity contribution is 0.233. The summed E-state index contributed by atoms with van der Waals surface area (Å²) in [6, 6.07) is 10.4. The van der Waals surface area contributed by atoms with Gasteiger partial charge in [0.2, 0.25) is 0 Å². The lowest BCUT2D eigenvalue weighted by atomic mass is 9.96. The van der Waals surface area contributed by atoms with E-state index < -0.39 is 0 Å². The Morgan fingerprint density at radius 1 is 1.35 bits per heavy atom. The average Bonchev–Trinajstić information content (AvgIpc) is 2.85. The van der Waals surface area contributed by atoms with E-state index in [0.29, 0.717) is 5.92 Å². The van der Waals surface area contributed by atoms with Crippen LogP contribution in [0.5, 0.6) is 5.75 Å². The Labute approximate surface area is 119 Å². The Morgan fingerprint density at radius 3 is 3.10 bits per heavy atom. The van der Waals surface area contributed by atoms with Crippen LogP contribution in [0.2, 0.25) is 0 Å². The third-order valence-electron chi connectivity index (χ3n) is 3.83. The van der Waals surface area contributed by atoms with Crippen LogP contribution < -0.4 is 4.74 Å². The number of hydrogen-bond donors (Lipinski definition) is 1. The second kappa shape index (κ2) is 6.09. The number of hydrogen-bond acceptors (Lipinski definition) is 3. The standard InChI is InChI=1S/C16H21N3O/c1-19(12-15-6-8-17-18-15)11-13-7-9-20-16-5-3-2-4-14(16)10-13/h2-6,8,13H,7,9-12H2,1H3,(H,17,18)/t13-/m0/s1. The van der Waals surface area contributed by atoms with E-state index in [1.165, 1.54) is 5.56 Å².